The molecule has 0 unspecified atom stereocenters. The monoisotopic (exact) mass is 238 g/mol. The molecule has 3 nitrogen and oxygen atoms in total. The van der Waals surface area contributed by atoms with Gasteiger partial charge >= 0.3 is 0 Å². The number of nitrogens with two attached hydrogens (primary N) is 1. The second kappa shape index (κ2) is 5.85. The van der Waals surface area contributed by atoms with Gasteiger partial charge in [0.2, 0.25) is 5.91 Å². The fraction of sp³-hybridized carbons (Fsp3) is 0.929. The Morgan fingerprint density at radius 1 is 1.12 bits per heavy atom. The SMILES string of the molecule is CC1CCN(C(=O)CC2CCC(N)CC2)CC1. The minimum absolute atomic E-state index is 0.386. The maximum absolute atomic E-state index is 12.1. The quantitative estimate of drug-likeness (QED) is 0.801. The largest absolute Gasteiger partial charge is 0.343 e. The Bertz CT molecular complexity index is 251. The number of carbonyl (C=O) groups is 1. The van der Waals surface area contributed by atoms with Crippen molar-refractivity contribution >= 4 is 5.91 Å². The first kappa shape index (κ1) is 12.9. The number of carbonyl (C=O) groups excluding carboxylic acids is 1. The van der Waals surface area contributed by atoms with Gasteiger partial charge in [0.15, 0.2) is 0 Å². The molecule has 1 aliphatic heterocycles. The van der Waals surface area contributed by atoms with Gasteiger partial charge < -0.3 is 10.6 Å². The Kier molecular flexibility index (Phi) is 4.43. The predicted molar refractivity (Wildman–Crippen MR) is 69.5 cm³/mol. The van der Waals surface area contributed by atoms with Crippen molar-refractivity contribution in [3.05, 3.63) is 0 Å². The van der Waals surface area contributed by atoms with E-state index in [1.54, 1.807) is 0 Å². The normalized spacial score (nSPS) is 31.5. The smallest absolute Gasteiger partial charge is 0.222 e. The number of hydrogen-bond donors (Lipinski definition) is 1. The van der Waals surface area contributed by atoms with Crippen molar-refractivity contribution in [2.75, 3.05) is 13.1 Å². The average molecular weight is 238 g/mol. The molecule has 17 heavy (non-hydrogen) atoms. The van der Waals surface area contributed by atoms with Crippen LogP contribution in [0.25, 0.3) is 0 Å². The molecule has 0 radical (unpaired) electrons. The first-order valence-electron chi connectivity index (χ1n) is 7.18. The lowest BCUT2D eigenvalue weighted by atomic mass is 9.84. The van der Waals surface area contributed by atoms with Crippen molar-refractivity contribution in [2.45, 2.75) is 57.9 Å². The highest BCUT2D eigenvalue weighted by molar-refractivity contribution is 5.76. The lowest BCUT2D eigenvalue weighted by Gasteiger charge is -2.32. The van der Waals surface area contributed by atoms with E-state index in [1.165, 1.54) is 12.8 Å². The number of rotatable bonds is 2. The molecule has 0 aromatic rings. The summed E-state index contributed by atoms with van der Waals surface area (Å²) in [6.07, 6.45) is 7.64. The molecule has 2 rings (SSSR count). The van der Waals surface area contributed by atoms with Crippen LogP contribution in [0.3, 0.4) is 0 Å². The molecule has 2 fully saturated rings. The van der Waals surface area contributed by atoms with E-state index in [9.17, 15) is 4.79 Å². The van der Waals surface area contributed by atoms with E-state index in [-0.39, 0.29) is 0 Å². The van der Waals surface area contributed by atoms with E-state index < -0.39 is 0 Å². The minimum Gasteiger partial charge on any atom is -0.343 e. The van der Waals surface area contributed by atoms with Crippen LogP contribution in [0.5, 0.6) is 0 Å². The van der Waals surface area contributed by atoms with Gasteiger partial charge in [-0.2, -0.15) is 0 Å². The van der Waals surface area contributed by atoms with E-state index in [2.05, 4.69) is 11.8 Å². The molecule has 1 saturated carbocycles. The average Bonchev–Trinajstić information content (AvgIpc) is 2.33. The van der Waals surface area contributed by atoms with Crippen molar-refractivity contribution in [3.63, 3.8) is 0 Å². The molecule has 0 aromatic heterocycles. The van der Waals surface area contributed by atoms with E-state index in [1.807, 2.05) is 0 Å². The first-order chi connectivity index (χ1) is 8.15. The van der Waals surface area contributed by atoms with E-state index in [0.29, 0.717) is 17.9 Å². The summed E-state index contributed by atoms with van der Waals surface area (Å²) in [5.74, 6) is 1.78. The zero-order valence-electron chi connectivity index (χ0n) is 11.0. The highest BCUT2D eigenvalue weighted by Crippen LogP contribution is 2.27. The second-order valence-electron chi connectivity index (χ2n) is 6.05. The first-order valence-corrected chi connectivity index (χ1v) is 7.18. The molecule has 2 N–H and O–H groups in total. The summed E-state index contributed by atoms with van der Waals surface area (Å²) in [5.41, 5.74) is 5.89. The van der Waals surface area contributed by atoms with Crippen molar-refractivity contribution in [1.82, 2.24) is 4.90 Å². The van der Waals surface area contributed by atoms with Crippen LogP contribution in [0.2, 0.25) is 0 Å². The van der Waals surface area contributed by atoms with Gasteiger partial charge in [-0.05, 0) is 50.4 Å². The lowest BCUT2D eigenvalue weighted by Crippen LogP contribution is -2.39. The van der Waals surface area contributed by atoms with Crippen molar-refractivity contribution in [3.8, 4) is 0 Å². The maximum atomic E-state index is 12.1. The third kappa shape index (κ3) is 3.70. The highest BCUT2D eigenvalue weighted by Gasteiger charge is 2.25. The maximum Gasteiger partial charge on any atom is 0.222 e. The molecule has 2 aliphatic rings. The standard InChI is InChI=1S/C14H26N2O/c1-11-6-8-16(9-7-11)14(17)10-12-2-4-13(15)5-3-12/h11-13H,2-10,15H2,1H3. The van der Waals surface area contributed by atoms with Gasteiger partial charge in [0, 0.05) is 25.6 Å². The van der Waals surface area contributed by atoms with Gasteiger partial charge in [0.25, 0.3) is 0 Å². The molecule has 98 valence electrons. The van der Waals surface area contributed by atoms with Gasteiger partial charge in [0.1, 0.15) is 0 Å². The van der Waals surface area contributed by atoms with Crippen molar-refractivity contribution < 1.29 is 4.79 Å². The zero-order valence-corrected chi connectivity index (χ0v) is 11.0. The van der Waals surface area contributed by atoms with Crippen LogP contribution in [-0.4, -0.2) is 29.9 Å². The molecule has 1 saturated heterocycles. The minimum atomic E-state index is 0.386. The summed E-state index contributed by atoms with van der Waals surface area (Å²) in [4.78, 5) is 14.2. The molecule has 1 aliphatic carbocycles. The zero-order chi connectivity index (χ0) is 12.3. The summed E-state index contributed by atoms with van der Waals surface area (Å²) in [7, 11) is 0. The van der Waals surface area contributed by atoms with Crippen LogP contribution < -0.4 is 5.73 Å². The third-order valence-corrected chi connectivity index (χ3v) is 4.49. The molecule has 0 aromatic carbocycles. The molecule has 1 heterocycles. The Labute approximate surface area is 105 Å². The third-order valence-electron chi connectivity index (χ3n) is 4.49. The summed E-state index contributed by atoms with van der Waals surface area (Å²) in [6, 6.07) is 0.386. The van der Waals surface area contributed by atoms with Crippen LogP contribution >= 0.6 is 0 Å². The topological polar surface area (TPSA) is 46.3 Å². The predicted octanol–water partition coefficient (Wildman–Crippen LogP) is 2.15. The highest BCUT2D eigenvalue weighted by atomic mass is 16.2. The van der Waals surface area contributed by atoms with Crippen LogP contribution in [-0.2, 0) is 4.79 Å². The summed E-state index contributed by atoms with van der Waals surface area (Å²) in [5, 5.41) is 0. The Morgan fingerprint density at radius 3 is 2.29 bits per heavy atom. The Balaban J connectivity index is 1.73. The summed E-state index contributed by atoms with van der Waals surface area (Å²) < 4.78 is 0. The Morgan fingerprint density at radius 2 is 1.71 bits per heavy atom. The van der Waals surface area contributed by atoms with E-state index in [0.717, 1.165) is 51.1 Å². The van der Waals surface area contributed by atoms with Gasteiger partial charge in [-0.25, -0.2) is 0 Å². The van der Waals surface area contributed by atoms with Gasteiger partial charge in [-0.1, -0.05) is 6.92 Å². The molecule has 3 heteroatoms. The molecular weight excluding hydrogens is 212 g/mol. The van der Waals surface area contributed by atoms with Crippen LogP contribution in [0.4, 0.5) is 0 Å². The fourth-order valence-corrected chi connectivity index (χ4v) is 3.03. The van der Waals surface area contributed by atoms with Gasteiger partial charge in [-0.3, -0.25) is 4.79 Å². The summed E-state index contributed by atoms with van der Waals surface area (Å²) in [6.45, 7) is 4.24. The van der Waals surface area contributed by atoms with E-state index >= 15 is 0 Å². The number of likely N-dealkylation sites (tertiary alicyclic amines) is 1. The van der Waals surface area contributed by atoms with Gasteiger partial charge in [0.05, 0.1) is 0 Å². The molecule has 0 atom stereocenters. The van der Waals surface area contributed by atoms with E-state index in [4.69, 9.17) is 5.73 Å². The van der Waals surface area contributed by atoms with Crippen molar-refractivity contribution in [2.24, 2.45) is 17.6 Å². The number of amides is 1. The molecular formula is C14H26N2O. The number of piperidine rings is 1. The van der Waals surface area contributed by atoms with Gasteiger partial charge in [-0.15, -0.1) is 0 Å². The fourth-order valence-electron chi connectivity index (χ4n) is 3.03. The molecule has 1 amide bonds. The Hall–Kier alpha value is -0.570. The number of hydrogen-bond acceptors (Lipinski definition) is 2. The van der Waals surface area contributed by atoms with Crippen molar-refractivity contribution in [1.29, 1.82) is 0 Å². The number of nitrogens with zero attached hydrogens (tertiary/aromatic N) is 1. The van der Waals surface area contributed by atoms with Crippen LogP contribution in [0.1, 0.15) is 51.9 Å². The van der Waals surface area contributed by atoms with Crippen LogP contribution in [0, 0.1) is 11.8 Å². The lowest BCUT2D eigenvalue weighted by molar-refractivity contribution is -0.133. The second-order valence-corrected chi connectivity index (χ2v) is 6.05. The summed E-state index contributed by atoms with van der Waals surface area (Å²) >= 11 is 0. The molecule has 0 bridgehead atoms. The molecule has 0 spiro atoms. The van der Waals surface area contributed by atoms with Crippen LogP contribution in [0.15, 0.2) is 0 Å².